The molecule has 0 saturated carbocycles. The van der Waals surface area contributed by atoms with Gasteiger partial charge in [0.2, 0.25) is 0 Å². The third-order valence-electron chi connectivity index (χ3n) is 8.93. The van der Waals surface area contributed by atoms with Gasteiger partial charge in [-0.2, -0.15) is 5.06 Å². The Bertz CT molecular complexity index is 1530. The molecule has 0 amide bonds. The number of hydrogen-bond acceptors (Lipinski definition) is 7. The van der Waals surface area contributed by atoms with Crippen LogP contribution in [0, 0.1) is 27.7 Å². The van der Waals surface area contributed by atoms with Gasteiger partial charge in [-0.05, 0) is 64.3 Å². The Kier molecular flexibility index (Phi) is 14.2. The highest BCUT2D eigenvalue weighted by molar-refractivity contribution is 6.14. The monoisotopic (exact) mass is 655 g/mol. The fourth-order valence-electron chi connectivity index (χ4n) is 6.32. The number of hydroxylamine groups is 2. The van der Waals surface area contributed by atoms with Crippen molar-refractivity contribution in [2.24, 2.45) is 9.98 Å². The van der Waals surface area contributed by atoms with Crippen LogP contribution in [0.25, 0.3) is 0 Å². The number of benzene rings is 3. The number of hydrogen-bond donors (Lipinski definition) is 2. The zero-order valence-corrected chi connectivity index (χ0v) is 30.1. The molecule has 3 aromatic carbocycles. The molecule has 2 N–H and O–H groups in total. The molecule has 0 spiro atoms. The number of ether oxygens (including phenoxy) is 1. The molecular weight excluding hydrogens is 598 g/mol. The maximum Gasteiger partial charge on any atom is 0.296 e. The van der Waals surface area contributed by atoms with Gasteiger partial charge in [0.05, 0.1) is 18.3 Å². The summed E-state index contributed by atoms with van der Waals surface area (Å²) in [6.45, 7) is 12.5. The van der Waals surface area contributed by atoms with Gasteiger partial charge in [0.1, 0.15) is 12.4 Å². The maximum absolute atomic E-state index is 11.4. The summed E-state index contributed by atoms with van der Waals surface area (Å²) in [6.07, 6.45) is 12.7. The number of aliphatic hydroxyl groups is 1. The predicted molar refractivity (Wildman–Crippen MR) is 197 cm³/mol. The first-order valence-corrected chi connectivity index (χ1v) is 18.0. The summed E-state index contributed by atoms with van der Waals surface area (Å²) in [5.41, 5.74) is 6.49. The van der Waals surface area contributed by atoms with Crippen molar-refractivity contribution in [2.45, 2.75) is 124 Å². The van der Waals surface area contributed by atoms with Crippen molar-refractivity contribution in [3.63, 3.8) is 0 Å². The zero-order valence-electron chi connectivity index (χ0n) is 30.1. The van der Waals surface area contributed by atoms with Crippen molar-refractivity contribution in [1.29, 1.82) is 0 Å². The van der Waals surface area contributed by atoms with E-state index in [1.807, 2.05) is 37.3 Å². The van der Waals surface area contributed by atoms with Gasteiger partial charge in [-0.1, -0.05) is 131 Å². The van der Waals surface area contributed by atoms with Crippen LogP contribution in [0.15, 0.2) is 70.6 Å². The molecular formula is C41H57N3O4. The lowest BCUT2D eigenvalue weighted by Crippen LogP contribution is -2.54. The number of aryl methyl sites for hydroxylation is 4. The fraction of sp³-hybridized carbons (Fsp3) is 0.512. The van der Waals surface area contributed by atoms with Crippen LogP contribution in [0.1, 0.15) is 123 Å². The SMILES string of the molecule is CCCCCCCCCCCCCOC1(c2ccccc2O)N=C(c2ccc(C)cc2C)N=C(c2ccc(C)cc2C)N1OCC(C)O. The largest absolute Gasteiger partial charge is 0.507 e. The molecule has 1 heterocycles. The molecule has 0 fully saturated rings. The topological polar surface area (TPSA) is 86.9 Å². The van der Waals surface area contributed by atoms with Crippen molar-refractivity contribution in [3.05, 3.63) is 99.6 Å². The summed E-state index contributed by atoms with van der Waals surface area (Å²) < 4.78 is 6.89. The number of aliphatic hydroxyl groups excluding tert-OH is 1. The Morgan fingerprint density at radius 1 is 0.750 bits per heavy atom. The standard InChI is InChI=1S/C41H57N3O4/c1-7-8-9-10-11-12-13-14-15-16-19-26-47-41(37-20-17-18-21-38(37)46)43-39(35-24-22-30(2)27-32(35)4)42-40(44(41)48-29-34(6)45)36-25-23-31(3)28-33(36)5/h17-18,20-25,27-28,34,45-46H,7-16,19,26,29H2,1-6H3. The molecule has 1 aliphatic rings. The van der Waals surface area contributed by atoms with Gasteiger partial charge in [-0.15, -0.1) is 0 Å². The number of unbranched alkanes of at least 4 members (excludes halogenated alkanes) is 10. The second-order valence-electron chi connectivity index (χ2n) is 13.5. The average molecular weight is 656 g/mol. The molecule has 1 aliphatic heterocycles. The third kappa shape index (κ3) is 9.77. The second kappa shape index (κ2) is 18.3. The molecule has 0 radical (unpaired) electrons. The van der Waals surface area contributed by atoms with Crippen LogP contribution in [-0.2, 0) is 15.4 Å². The number of aliphatic imine (C=N–C) groups is 2. The quantitative estimate of drug-likeness (QED) is 0.126. The van der Waals surface area contributed by atoms with E-state index in [2.05, 4.69) is 45.9 Å². The lowest BCUT2D eigenvalue weighted by Gasteiger charge is -2.43. The molecule has 3 aromatic rings. The van der Waals surface area contributed by atoms with Gasteiger partial charge in [-0.25, -0.2) is 9.98 Å². The van der Waals surface area contributed by atoms with Crippen LogP contribution in [0.3, 0.4) is 0 Å². The van der Waals surface area contributed by atoms with Gasteiger partial charge in [-0.3, -0.25) is 4.84 Å². The van der Waals surface area contributed by atoms with Crippen molar-refractivity contribution in [2.75, 3.05) is 13.2 Å². The molecule has 0 bridgehead atoms. The fourth-order valence-corrected chi connectivity index (χ4v) is 6.32. The van der Waals surface area contributed by atoms with Gasteiger partial charge in [0.15, 0.2) is 11.7 Å². The van der Waals surface area contributed by atoms with Gasteiger partial charge >= 0.3 is 0 Å². The van der Waals surface area contributed by atoms with Gasteiger partial charge < -0.3 is 14.9 Å². The number of phenolic OH excluding ortho intramolecular Hbond substituents is 1. The van der Waals surface area contributed by atoms with E-state index in [4.69, 9.17) is 19.6 Å². The van der Waals surface area contributed by atoms with E-state index in [-0.39, 0.29) is 12.4 Å². The number of nitrogens with zero attached hydrogens (tertiary/aromatic N) is 3. The molecule has 2 unspecified atom stereocenters. The van der Waals surface area contributed by atoms with E-state index in [0.717, 1.165) is 52.6 Å². The molecule has 7 nitrogen and oxygen atoms in total. The van der Waals surface area contributed by atoms with Crippen molar-refractivity contribution < 1.29 is 19.8 Å². The summed E-state index contributed by atoms with van der Waals surface area (Å²) in [7, 11) is 0. The summed E-state index contributed by atoms with van der Waals surface area (Å²) in [5.74, 6) is -0.589. The average Bonchev–Trinajstić information content (AvgIpc) is 3.04. The highest BCUT2D eigenvalue weighted by Gasteiger charge is 2.49. The van der Waals surface area contributed by atoms with Crippen LogP contribution < -0.4 is 0 Å². The predicted octanol–water partition coefficient (Wildman–Crippen LogP) is 9.59. The van der Waals surface area contributed by atoms with Gasteiger partial charge in [0, 0.05) is 11.1 Å². The minimum Gasteiger partial charge on any atom is -0.507 e. The van der Waals surface area contributed by atoms with E-state index in [1.54, 1.807) is 24.1 Å². The van der Waals surface area contributed by atoms with Crippen molar-refractivity contribution >= 4 is 11.7 Å². The highest BCUT2D eigenvalue weighted by Crippen LogP contribution is 2.42. The lowest BCUT2D eigenvalue weighted by atomic mass is 10.00. The Morgan fingerprint density at radius 3 is 1.88 bits per heavy atom. The zero-order chi connectivity index (χ0) is 34.5. The molecule has 48 heavy (non-hydrogen) atoms. The summed E-state index contributed by atoms with van der Waals surface area (Å²) in [5, 5.41) is 23.3. The van der Waals surface area contributed by atoms with Crippen LogP contribution >= 0.6 is 0 Å². The first kappa shape index (κ1) is 37.3. The highest BCUT2D eigenvalue weighted by atomic mass is 16.7. The Morgan fingerprint density at radius 2 is 1.31 bits per heavy atom. The Balaban J connectivity index is 1.71. The normalized spacial score (nSPS) is 16.9. The lowest BCUT2D eigenvalue weighted by molar-refractivity contribution is -0.280. The number of amidine groups is 2. The van der Waals surface area contributed by atoms with Gasteiger partial charge in [0.25, 0.3) is 5.85 Å². The molecule has 260 valence electrons. The maximum atomic E-state index is 11.4. The number of aromatic hydroxyl groups is 1. The van der Waals surface area contributed by atoms with E-state index < -0.39 is 12.0 Å². The second-order valence-corrected chi connectivity index (χ2v) is 13.5. The van der Waals surface area contributed by atoms with E-state index in [9.17, 15) is 10.2 Å². The summed E-state index contributed by atoms with van der Waals surface area (Å²) in [6, 6.07) is 19.5. The molecule has 0 aliphatic carbocycles. The van der Waals surface area contributed by atoms with Crippen LogP contribution in [0.2, 0.25) is 0 Å². The number of phenols is 1. The van der Waals surface area contributed by atoms with E-state index in [1.165, 1.54) is 51.4 Å². The van der Waals surface area contributed by atoms with Crippen molar-refractivity contribution in [3.8, 4) is 5.75 Å². The first-order chi connectivity index (χ1) is 23.2. The third-order valence-corrected chi connectivity index (χ3v) is 8.93. The molecule has 7 heteroatoms. The van der Waals surface area contributed by atoms with E-state index in [0.29, 0.717) is 23.8 Å². The molecule has 0 saturated heterocycles. The van der Waals surface area contributed by atoms with Crippen LogP contribution in [-0.4, -0.2) is 46.3 Å². The number of rotatable bonds is 19. The molecule has 0 aromatic heterocycles. The minimum absolute atomic E-state index is 0.0184. The first-order valence-electron chi connectivity index (χ1n) is 18.0. The minimum atomic E-state index is -1.61. The Labute approximate surface area is 288 Å². The summed E-state index contributed by atoms with van der Waals surface area (Å²) in [4.78, 5) is 16.8. The molecule has 2 atom stereocenters. The summed E-state index contributed by atoms with van der Waals surface area (Å²) >= 11 is 0. The van der Waals surface area contributed by atoms with Crippen LogP contribution in [0.4, 0.5) is 0 Å². The smallest absolute Gasteiger partial charge is 0.296 e. The van der Waals surface area contributed by atoms with Crippen LogP contribution in [0.5, 0.6) is 5.75 Å². The number of para-hydroxylation sites is 1. The molecule has 4 rings (SSSR count). The van der Waals surface area contributed by atoms with E-state index >= 15 is 0 Å². The van der Waals surface area contributed by atoms with Crippen molar-refractivity contribution in [1.82, 2.24) is 5.06 Å². The Hall–Kier alpha value is -3.52.